The Bertz CT molecular complexity index is 1180. The van der Waals surface area contributed by atoms with E-state index in [1.807, 2.05) is 42.8 Å². The van der Waals surface area contributed by atoms with Crippen LogP contribution in [0.25, 0.3) is 11.1 Å². The number of aromatic nitrogens is 2. The van der Waals surface area contributed by atoms with E-state index in [2.05, 4.69) is 46.9 Å². The average Bonchev–Trinajstić information content (AvgIpc) is 3.19. The zero-order valence-corrected chi connectivity index (χ0v) is 17.3. The van der Waals surface area contributed by atoms with E-state index in [-0.39, 0.29) is 5.56 Å². The number of hydrogen-bond donors (Lipinski definition) is 0. The standard InChI is InChI=1S/C21H22N3OS2/c1-4-23-13-9-8-10-15(23)14-18-24(5-2)20(25)19(27-18)21-22(3)16-11-6-7-12-17(16)26-21/h6-14H,4-5H2,1-3H3/q+1/b21-19+. The number of para-hydroxylation sites is 1. The molecule has 0 saturated heterocycles. The molecule has 0 atom stereocenters. The molecule has 2 aromatic heterocycles. The maximum Gasteiger partial charge on any atom is 0.271 e. The van der Waals surface area contributed by atoms with Gasteiger partial charge in [0.05, 0.1) is 5.69 Å². The van der Waals surface area contributed by atoms with E-state index in [1.165, 1.54) is 4.90 Å². The predicted molar refractivity (Wildman–Crippen MR) is 113 cm³/mol. The van der Waals surface area contributed by atoms with E-state index in [9.17, 15) is 4.79 Å². The van der Waals surface area contributed by atoms with Crippen LogP contribution in [0.4, 0.5) is 5.69 Å². The first-order chi connectivity index (χ1) is 13.1. The lowest BCUT2D eigenvalue weighted by atomic mass is 10.3. The Morgan fingerprint density at radius 1 is 1.11 bits per heavy atom. The van der Waals surface area contributed by atoms with E-state index >= 15 is 0 Å². The molecule has 3 aromatic rings. The zero-order valence-electron chi connectivity index (χ0n) is 15.7. The lowest BCUT2D eigenvalue weighted by Crippen LogP contribution is -2.36. The molecule has 27 heavy (non-hydrogen) atoms. The second kappa shape index (κ2) is 7.37. The number of benzene rings is 1. The highest BCUT2D eigenvalue weighted by Crippen LogP contribution is 2.44. The third-order valence-corrected chi connectivity index (χ3v) is 7.23. The minimum Gasteiger partial charge on any atom is -0.337 e. The van der Waals surface area contributed by atoms with Gasteiger partial charge in [0.2, 0.25) is 5.69 Å². The first-order valence-corrected chi connectivity index (χ1v) is 10.7. The number of hydrogen-bond acceptors (Lipinski definition) is 4. The number of thioether (sulfide) groups is 1. The summed E-state index contributed by atoms with van der Waals surface area (Å²) in [7, 11) is 2.04. The van der Waals surface area contributed by atoms with Crippen LogP contribution in [0.2, 0.25) is 0 Å². The fourth-order valence-corrected chi connectivity index (χ4v) is 5.77. The van der Waals surface area contributed by atoms with Crippen molar-refractivity contribution in [1.82, 2.24) is 4.57 Å². The number of rotatable bonds is 3. The molecule has 4 nitrogen and oxygen atoms in total. The third kappa shape index (κ3) is 3.13. The second-order valence-electron chi connectivity index (χ2n) is 6.31. The highest BCUT2D eigenvalue weighted by Gasteiger charge is 2.24. The van der Waals surface area contributed by atoms with Crippen molar-refractivity contribution in [1.29, 1.82) is 0 Å². The van der Waals surface area contributed by atoms with Crippen molar-refractivity contribution in [2.24, 2.45) is 0 Å². The molecule has 4 rings (SSSR count). The summed E-state index contributed by atoms with van der Waals surface area (Å²) in [6.07, 6.45) is 4.19. The highest BCUT2D eigenvalue weighted by atomic mass is 32.2. The van der Waals surface area contributed by atoms with Gasteiger partial charge in [-0.3, -0.25) is 9.36 Å². The number of anilines is 1. The molecular weight excluding hydrogens is 374 g/mol. The Kier molecular flexibility index (Phi) is 4.93. The summed E-state index contributed by atoms with van der Waals surface area (Å²) in [6.45, 7) is 5.71. The van der Waals surface area contributed by atoms with Gasteiger partial charge in [0.15, 0.2) is 6.20 Å². The summed E-state index contributed by atoms with van der Waals surface area (Å²) in [5.74, 6) is 0. The average molecular weight is 397 g/mol. The smallest absolute Gasteiger partial charge is 0.271 e. The summed E-state index contributed by atoms with van der Waals surface area (Å²) in [4.78, 5) is 16.5. The molecule has 0 N–H and O–H groups in total. The first-order valence-electron chi connectivity index (χ1n) is 9.08. The summed E-state index contributed by atoms with van der Waals surface area (Å²) in [5, 5.41) is 1.02. The first kappa shape index (κ1) is 18.1. The monoisotopic (exact) mass is 396 g/mol. The fraction of sp³-hybridized carbons (Fsp3) is 0.238. The van der Waals surface area contributed by atoms with Crippen LogP contribution in [0.3, 0.4) is 0 Å². The lowest BCUT2D eigenvalue weighted by molar-refractivity contribution is -0.695. The normalized spacial score (nSPS) is 16.1. The van der Waals surface area contributed by atoms with Gasteiger partial charge in [-0.15, -0.1) is 11.3 Å². The van der Waals surface area contributed by atoms with E-state index in [1.54, 1.807) is 23.1 Å². The molecule has 0 spiro atoms. The molecule has 138 valence electrons. The molecule has 1 aliphatic rings. The largest absolute Gasteiger partial charge is 0.337 e. The molecule has 6 heteroatoms. The Hall–Kier alpha value is -2.31. The summed E-state index contributed by atoms with van der Waals surface area (Å²) >= 11 is 3.26. The molecule has 0 amide bonds. The van der Waals surface area contributed by atoms with Gasteiger partial charge in [0.25, 0.3) is 5.56 Å². The third-order valence-electron chi connectivity index (χ3n) is 4.75. The zero-order chi connectivity index (χ0) is 19.0. The molecule has 0 unspecified atom stereocenters. The quantitative estimate of drug-likeness (QED) is 0.637. The summed E-state index contributed by atoms with van der Waals surface area (Å²) in [5.41, 5.74) is 2.36. The lowest BCUT2D eigenvalue weighted by Gasteiger charge is -2.11. The van der Waals surface area contributed by atoms with Crippen LogP contribution in [0.15, 0.2) is 58.4 Å². The van der Waals surface area contributed by atoms with Crippen LogP contribution in [-0.4, -0.2) is 11.6 Å². The predicted octanol–water partition coefficient (Wildman–Crippen LogP) is 2.37. The van der Waals surface area contributed by atoms with Crippen LogP contribution in [0.1, 0.15) is 19.5 Å². The molecule has 0 saturated carbocycles. The van der Waals surface area contributed by atoms with Crippen LogP contribution in [0.5, 0.6) is 0 Å². The SMILES string of the molecule is CCn1c(=Cc2cccc[n+]2CC)s/c(=C2/Sc3ccccc3N2C)c1=O. The van der Waals surface area contributed by atoms with E-state index in [0.29, 0.717) is 6.54 Å². The molecule has 3 heterocycles. The van der Waals surface area contributed by atoms with Crippen molar-refractivity contribution in [3.8, 4) is 0 Å². The number of nitrogens with zero attached hydrogens (tertiary/aromatic N) is 3. The van der Waals surface area contributed by atoms with Crippen molar-refractivity contribution in [2.75, 3.05) is 11.9 Å². The van der Waals surface area contributed by atoms with E-state index in [4.69, 9.17) is 0 Å². The maximum atomic E-state index is 13.1. The van der Waals surface area contributed by atoms with Gasteiger partial charge in [-0.05, 0) is 32.0 Å². The second-order valence-corrected chi connectivity index (χ2v) is 8.37. The Morgan fingerprint density at radius 2 is 1.89 bits per heavy atom. The minimum absolute atomic E-state index is 0.0925. The molecule has 0 bridgehead atoms. The van der Waals surface area contributed by atoms with Gasteiger partial charge in [-0.2, -0.15) is 4.57 Å². The number of pyridine rings is 1. The van der Waals surface area contributed by atoms with Crippen molar-refractivity contribution in [2.45, 2.75) is 31.8 Å². The molecular formula is C21H22N3OS2+. The van der Waals surface area contributed by atoms with Crippen LogP contribution >= 0.6 is 23.1 Å². The van der Waals surface area contributed by atoms with Crippen molar-refractivity contribution in [3.05, 3.63) is 73.9 Å². The summed E-state index contributed by atoms with van der Waals surface area (Å²) < 4.78 is 5.86. The molecule has 0 radical (unpaired) electrons. The van der Waals surface area contributed by atoms with Crippen LogP contribution in [-0.2, 0) is 13.1 Å². The van der Waals surface area contributed by atoms with E-state index < -0.39 is 0 Å². The van der Waals surface area contributed by atoms with E-state index in [0.717, 1.165) is 32.2 Å². The van der Waals surface area contributed by atoms with Gasteiger partial charge in [0, 0.05) is 36.7 Å². The topological polar surface area (TPSA) is 29.1 Å². The van der Waals surface area contributed by atoms with Crippen molar-refractivity contribution < 1.29 is 4.57 Å². The number of aryl methyl sites for hydroxylation is 1. The van der Waals surface area contributed by atoms with Crippen molar-refractivity contribution in [3.63, 3.8) is 0 Å². The highest BCUT2D eigenvalue weighted by molar-refractivity contribution is 8.08. The number of thiazole rings is 1. The summed E-state index contributed by atoms with van der Waals surface area (Å²) in [6, 6.07) is 14.4. The number of fused-ring (bicyclic) bond motifs is 1. The van der Waals surface area contributed by atoms with Crippen molar-refractivity contribution >= 4 is 39.9 Å². The fourth-order valence-electron chi connectivity index (χ4n) is 3.30. The van der Waals surface area contributed by atoms with Crippen LogP contribution in [0, 0.1) is 0 Å². The Labute approximate surface area is 166 Å². The van der Waals surface area contributed by atoms with Gasteiger partial charge in [-0.25, -0.2) is 0 Å². The van der Waals surface area contributed by atoms with Gasteiger partial charge in [-0.1, -0.05) is 23.9 Å². The molecule has 1 aromatic carbocycles. The van der Waals surface area contributed by atoms with Gasteiger partial charge >= 0.3 is 0 Å². The Balaban J connectivity index is 1.94. The van der Waals surface area contributed by atoms with Gasteiger partial charge in [0.1, 0.15) is 20.8 Å². The van der Waals surface area contributed by atoms with Gasteiger partial charge < -0.3 is 4.90 Å². The van der Waals surface area contributed by atoms with Crippen LogP contribution < -0.4 is 24.2 Å². The molecule has 1 aliphatic heterocycles. The Morgan fingerprint density at radius 3 is 2.63 bits per heavy atom. The maximum absolute atomic E-state index is 13.1. The molecule has 0 fully saturated rings. The molecule has 0 aliphatic carbocycles. The minimum atomic E-state index is 0.0925.